The van der Waals surface area contributed by atoms with Crippen molar-refractivity contribution in [2.75, 3.05) is 5.32 Å². The van der Waals surface area contributed by atoms with Gasteiger partial charge >= 0.3 is 0 Å². The number of anilines is 1. The molecule has 0 saturated heterocycles. The number of H-pyrrole nitrogens is 2. The van der Waals surface area contributed by atoms with Gasteiger partial charge in [0.25, 0.3) is 0 Å². The van der Waals surface area contributed by atoms with Crippen LogP contribution in [0.4, 0.5) is 5.69 Å². The maximum Gasteiger partial charge on any atom is 0.229 e. The quantitative estimate of drug-likeness (QED) is 0.290. The number of hydrogen-bond acceptors (Lipinski definition) is 7. The smallest absolute Gasteiger partial charge is 0.229 e. The SMILES string of the molecule is CC(C)(C)C(=O)Nc1cncc(-c2cnc3[nH]nc(-c4nc5c(-c6ccsc6)cncc5[nH]4)c3c2)c1. The van der Waals surface area contributed by atoms with Crippen LogP contribution in [0.25, 0.3) is 55.8 Å². The highest BCUT2D eigenvalue weighted by Gasteiger charge is 2.21. The molecule has 0 bridgehead atoms. The molecule has 0 aliphatic heterocycles. The van der Waals surface area contributed by atoms with Crippen LogP contribution in [0.15, 0.2) is 59.9 Å². The number of fused-ring (bicyclic) bond motifs is 2. The first-order valence-corrected chi connectivity index (χ1v) is 12.3. The van der Waals surface area contributed by atoms with Crippen molar-refractivity contribution in [3.8, 4) is 33.8 Å². The number of carbonyl (C=O) groups excluding carboxylic acids is 1. The topological polar surface area (TPSA) is 125 Å². The Bertz CT molecular complexity index is 1730. The highest BCUT2D eigenvalue weighted by atomic mass is 32.1. The molecule has 10 heteroatoms. The van der Waals surface area contributed by atoms with Crippen LogP contribution < -0.4 is 5.32 Å². The van der Waals surface area contributed by atoms with Crippen molar-refractivity contribution in [3.63, 3.8) is 0 Å². The fourth-order valence-corrected chi connectivity index (χ4v) is 4.56. The minimum absolute atomic E-state index is 0.0756. The Morgan fingerprint density at radius 2 is 1.83 bits per heavy atom. The Morgan fingerprint density at radius 1 is 1.00 bits per heavy atom. The van der Waals surface area contributed by atoms with Gasteiger partial charge in [0.15, 0.2) is 11.5 Å². The number of pyridine rings is 3. The van der Waals surface area contributed by atoms with Gasteiger partial charge in [-0.25, -0.2) is 9.97 Å². The van der Waals surface area contributed by atoms with Gasteiger partial charge in [0, 0.05) is 40.7 Å². The Hall–Kier alpha value is -4.44. The Balaban J connectivity index is 1.40. The summed E-state index contributed by atoms with van der Waals surface area (Å²) in [5, 5.41) is 15.4. The van der Waals surface area contributed by atoms with E-state index in [-0.39, 0.29) is 5.91 Å². The van der Waals surface area contributed by atoms with E-state index in [0.29, 0.717) is 22.9 Å². The van der Waals surface area contributed by atoms with Gasteiger partial charge in [-0.2, -0.15) is 16.4 Å². The molecule has 0 fully saturated rings. The Labute approximate surface area is 210 Å². The van der Waals surface area contributed by atoms with Crippen LogP contribution in [-0.2, 0) is 4.79 Å². The van der Waals surface area contributed by atoms with E-state index in [1.165, 1.54) is 0 Å². The van der Waals surface area contributed by atoms with Crippen LogP contribution in [0, 0.1) is 5.41 Å². The van der Waals surface area contributed by atoms with Gasteiger partial charge < -0.3 is 10.3 Å². The molecule has 6 rings (SSSR count). The van der Waals surface area contributed by atoms with Crippen molar-refractivity contribution in [3.05, 3.63) is 59.9 Å². The maximum absolute atomic E-state index is 12.4. The zero-order valence-electron chi connectivity index (χ0n) is 19.8. The molecule has 3 N–H and O–H groups in total. The molecule has 6 aromatic heterocycles. The van der Waals surface area contributed by atoms with Gasteiger partial charge in [-0.1, -0.05) is 20.8 Å². The molecule has 178 valence electrons. The lowest BCUT2D eigenvalue weighted by molar-refractivity contribution is -0.123. The number of imidazole rings is 1. The molecule has 0 aliphatic carbocycles. The predicted octanol–water partition coefficient (Wildman–Crippen LogP) is 5.67. The standard InChI is InChI=1S/C26H22N8OS/c1-26(2,3)25(35)30-17-6-15(8-27-10-17)16-7-18-22(33-34-23(18)29-9-16)24-31-20-12-28-11-19(21(20)32-24)14-4-5-36-13-14/h4-13H,1-3H3,(H,30,35)(H,31,32)(H,29,33,34). The molecule has 0 unspecified atom stereocenters. The van der Waals surface area contributed by atoms with Crippen LogP contribution >= 0.6 is 11.3 Å². The molecule has 0 spiro atoms. The molecular weight excluding hydrogens is 472 g/mol. The van der Waals surface area contributed by atoms with Crippen LogP contribution in [0.1, 0.15) is 20.8 Å². The van der Waals surface area contributed by atoms with Crippen LogP contribution in [0.2, 0.25) is 0 Å². The molecule has 0 saturated carbocycles. The summed E-state index contributed by atoms with van der Waals surface area (Å²) in [4.78, 5) is 33.9. The maximum atomic E-state index is 12.4. The highest BCUT2D eigenvalue weighted by molar-refractivity contribution is 7.08. The normalized spacial score (nSPS) is 11.9. The number of aromatic amines is 2. The first-order valence-electron chi connectivity index (χ1n) is 11.3. The number of amides is 1. The third-order valence-electron chi connectivity index (χ3n) is 5.88. The largest absolute Gasteiger partial charge is 0.335 e. The summed E-state index contributed by atoms with van der Waals surface area (Å²) in [6.45, 7) is 5.61. The molecule has 1 amide bonds. The molecule has 6 heterocycles. The Morgan fingerprint density at radius 3 is 2.64 bits per heavy atom. The predicted molar refractivity (Wildman–Crippen MR) is 141 cm³/mol. The van der Waals surface area contributed by atoms with Gasteiger partial charge in [-0.3, -0.25) is 19.9 Å². The fraction of sp³-hybridized carbons (Fsp3) is 0.154. The van der Waals surface area contributed by atoms with Crippen LogP contribution in [-0.4, -0.2) is 41.0 Å². The van der Waals surface area contributed by atoms with Gasteiger partial charge in [-0.05, 0) is 34.5 Å². The summed E-state index contributed by atoms with van der Waals surface area (Å²) in [5.41, 5.74) is 6.84. The highest BCUT2D eigenvalue weighted by Crippen LogP contribution is 2.33. The average Bonchev–Trinajstić information content (AvgIpc) is 3.62. The summed E-state index contributed by atoms with van der Waals surface area (Å²) in [7, 11) is 0. The van der Waals surface area contributed by atoms with Crippen molar-refractivity contribution in [2.45, 2.75) is 20.8 Å². The van der Waals surface area contributed by atoms with E-state index in [1.807, 2.05) is 44.5 Å². The molecule has 0 radical (unpaired) electrons. The molecule has 0 aromatic carbocycles. The lowest BCUT2D eigenvalue weighted by Crippen LogP contribution is -2.27. The lowest BCUT2D eigenvalue weighted by atomic mass is 9.95. The zero-order chi connectivity index (χ0) is 24.9. The van der Waals surface area contributed by atoms with Gasteiger partial charge in [0.2, 0.25) is 5.91 Å². The number of thiophene rings is 1. The minimum Gasteiger partial charge on any atom is -0.335 e. The summed E-state index contributed by atoms with van der Waals surface area (Å²) in [6.07, 6.45) is 8.73. The number of hydrogen-bond donors (Lipinski definition) is 3. The Kier molecular flexibility index (Phi) is 5.11. The van der Waals surface area contributed by atoms with Crippen molar-refractivity contribution < 1.29 is 4.79 Å². The van der Waals surface area contributed by atoms with E-state index in [1.54, 1.807) is 36.1 Å². The summed E-state index contributed by atoms with van der Waals surface area (Å²) in [5.74, 6) is 0.553. The van der Waals surface area contributed by atoms with Crippen molar-refractivity contribution in [2.24, 2.45) is 5.41 Å². The number of rotatable bonds is 4. The second-order valence-electron chi connectivity index (χ2n) is 9.54. The van der Waals surface area contributed by atoms with Crippen molar-refractivity contribution >= 4 is 45.0 Å². The molecule has 9 nitrogen and oxygen atoms in total. The summed E-state index contributed by atoms with van der Waals surface area (Å²) >= 11 is 1.63. The van der Waals surface area contributed by atoms with E-state index in [4.69, 9.17) is 4.98 Å². The van der Waals surface area contributed by atoms with Gasteiger partial charge in [0.05, 0.1) is 29.0 Å². The number of carbonyl (C=O) groups is 1. The van der Waals surface area contributed by atoms with Gasteiger partial charge in [0.1, 0.15) is 11.2 Å². The van der Waals surface area contributed by atoms with E-state index in [9.17, 15) is 4.79 Å². The monoisotopic (exact) mass is 494 g/mol. The fourth-order valence-electron chi connectivity index (χ4n) is 3.90. The molecular formula is C26H22N8OS. The van der Waals surface area contributed by atoms with Crippen LogP contribution in [0.5, 0.6) is 0 Å². The molecule has 0 aliphatic rings. The third kappa shape index (κ3) is 3.91. The number of aromatic nitrogens is 7. The minimum atomic E-state index is -0.506. The molecule has 36 heavy (non-hydrogen) atoms. The molecule has 0 atom stereocenters. The van der Waals surface area contributed by atoms with E-state index in [2.05, 4.69) is 46.9 Å². The van der Waals surface area contributed by atoms with Crippen molar-refractivity contribution in [1.82, 2.24) is 35.1 Å². The van der Waals surface area contributed by atoms with E-state index < -0.39 is 5.41 Å². The molecule has 6 aromatic rings. The summed E-state index contributed by atoms with van der Waals surface area (Å²) < 4.78 is 0. The van der Waals surface area contributed by atoms with E-state index >= 15 is 0 Å². The first-order chi connectivity index (χ1) is 17.4. The average molecular weight is 495 g/mol. The third-order valence-corrected chi connectivity index (χ3v) is 6.56. The van der Waals surface area contributed by atoms with Gasteiger partial charge in [-0.15, -0.1) is 0 Å². The number of nitrogens with one attached hydrogen (secondary N) is 3. The zero-order valence-corrected chi connectivity index (χ0v) is 20.6. The first kappa shape index (κ1) is 22.1. The summed E-state index contributed by atoms with van der Waals surface area (Å²) in [6, 6.07) is 5.94. The number of nitrogens with zero attached hydrogens (tertiary/aromatic N) is 5. The second kappa shape index (κ2) is 8.35. The van der Waals surface area contributed by atoms with Crippen LogP contribution in [0.3, 0.4) is 0 Å². The van der Waals surface area contributed by atoms with Crippen molar-refractivity contribution in [1.29, 1.82) is 0 Å². The second-order valence-corrected chi connectivity index (χ2v) is 10.3. The van der Waals surface area contributed by atoms with E-state index in [0.717, 1.165) is 38.7 Å². The lowest BCUT2D eigenvalue weighted by Gasteiger charge is -2.17.